The molecule has 2 aromatic rings. The summed E-state index contributed by atoms with van der Waals surface area (Å²) in [7, 11) is 1.89. The molecular formula is C15H17BrFNS. The summed E-state index contributed by atoms with van der Waals surface area (Å²) >= 11 is 5.02. The fraction of sp³-hybridized carbons (Fsp3) is 0.333. The van der Waals surface area contributed by atoms with E-state index in [-0.39, 0.29) is 11.9 Å². The minimum atomic E-state index is -0.155. The quantitative estimate of drug-likeness (QED) is 0.785. The summed E-state index contributed by atoms with van der Waals surface area (Å²) in [4.78, 5) is 1.39. The maximum atomic E-state index is 14.1. The molecule has 0 aliphatic heterocycles. The van der Waals surface area contributed by atoms with Crippen LogP contribution in [-0.4, -0.2) is 7.05 Å². The molecule has 0 spiro atoms. The lowest BCUT2D eigenvalue weighted by molar-refractivity contribution is 0.493. The number of aryl methyl sites for hydroxylation is 1. The number of hydrogen-bond donors (Lipinski definition) is 1. The van der Waals surface area contributed by atoms with E-state index in [0.717, 1.165) is 24.8 Å². The topological polar surface area (TPSA) is 12.0 Å². The number of thiophene rings is 1. The van der Waals surface area contributed by atoms with Gasteiger partial charge in [0.2, 0.25) is 0 Å². The smallest absolute Gasteiger partial charge is 0.142 e. The first-order valence-electron chi connectivity index (χ1n) is 6.36. The van der Waals surface area contributed by atoms with Gasteiger partial charge in [0, 0.05) is 16.5 Å². The minimum Gasteiger partial charge on any atom is -0.313 e. The van der Waals surface area contributed by atoms with Gasteiger partial charge >= 0.3 is 0 Å². The van der Waals surface area contributed by atoms with Crippen molar-refractivity contribution in [2.75, 3.05) is 7.05 Å². The third-order valence-electron chi connectivity index (χ3n) is 3.20. The van der Waals surface area contributed by atoms with Gasteiger partial charge in [0.25, 0.3) is 0 Å². The van der Waals surface area contributed by atoms with Crippen LogP contribution >= 0.6 is 27.3 Å². The zero-order valence-corrected chi connectivity index (χ0v) is 13.2. The van der Waals surface area contributed by atoms with E-state index in [2.05, 4.69) is 38.8 Å². The van der Waals surface area contributed by atoms with Gasteiger partial charge in [-0.3, -0.25) is 0 Å². The summed E-state index contributed by atoms with van der Waals surface area (Å²) in [6.07, 6.45) is 3.05. The summed E-state index contributed by atoms with van der Waals surface area (Å²) < 4.78 is 14.6. The third kappa shape index (κ3) is 3.88. The molecule has 0 radical (unpaired) electrons. The molecule has 1 heterocycles. The van der Waals surface area contributed by atoms with E-state index in [1.807, 2.05) is 19.2 Å². The van der Waals surface area contributed by atoms with Crippen molar-refractivity contribution in [1.29, 1.82) is 0 Å². The molecule has 1 unspecified atom stereocenters. The van der Waals surface area contributed by atoms with Crippen molar-refractivity contribution in [2.45, 2.75) is 25.3 Å². The molecule has 2 rings (SSSR count). The van der Waals surface area contributed by atoms with Gasteiger partial charge in [-0.05, 0) is 59.8 Å². The predicted octanol–water partition coefficient (Wildman–Crippen LogP) is 4.93. The predicted molar refractivity (Wildman–Crippen MR) is 83.2 cm³/mol. The van der Waals surface area contributed by atoms with Gasteiger partial charge in [0.05, 0.1) is 4.47 Å². The molecule has 1 N–H and O–H groups in total. The van der Waals surface area contributed by atoms with Crippen LogP contribution in [0.15, 0.2) is 40.2 Å². The molecule has 0 saturated heterocycles. The van der Waals surface area contributed by atoms with Gasteiger partial charge in [-0.1, -0.05) is 18.2 Å². The normalized spacial score (nSPS) is 12.6. The highest BCUT2D eigenvalue weighted by Gasteiger charge is 2.15. The summed E-state index contributed by atoms with van der Waals surface area (Å²) in [5, 5.41) is 5.31. The Balaban J connectivity index is 1.98. The second-order valence-electron chi connectivity index (χ2n) is 4.46. The van der Waals surface area contributed by atoms with Gasteiger partial charge in [-0.25, -0.2) is 4.39 Å². The molecule has 0 bridgehead atoms. The molecule has 1 nitrogen and oxygen atoms in total. The highest BCUT2D eigenvalue weighted by Crippen LogP contribution is 2.27. The lowest BCUT2D eigenvalue weighted by atomic mass is 10.0. The van der Waals surface area contributed by atoms with Crippen LogP contribution in [0.5, 0.6) is 0 Å². The summed E-state index contributed by atoms with van der Waals surface area (Å²) in [6, 6.07) is 9.76. The molecular weight excluding hydrogens is 325 g/mol. The van der Waals surface area contributed by atoms with E-state index in [0.29, 0.717) is 4.47 Å². The van der Waals surface area contributed by atoms with E-state index in [4.69, 9.17) is 0 Å². The largest absolute Gasteiger partial charge is 0.313 e. The molecule has 0 fully saturated rings. The molecule has 1 atom stereocenters. The molecule has 4 heteroatoms. The van der Waals surface area contributed by atoms with E-state index < -0.39 is 0 Å². The molecule has 0 saturated carbocycles. The molecule has 0 aliphatic carbocycles. The Morgan fingerprint density at radius 3 is 2.84 bits per heavy atom. The van der Waals surface area contributed by atoms with Gasteiger partial charge in [-0.2, -0.15) is 0 Å². The second kappa shape index (κ2) is 7.17. The molecule has 1 aromatic carbocycles. The monoisotopic (exact) mass is 341 g/mol. The Morgan fingerprint density at radius 2 is 2.16 bits per heavy atom. The molecule has 0 amide bonds. The number of benzene rings is 1. The van der Waals surface area contributed by atoms with Crippen molar-refractivity contribution in [2.24, 2.45) is 0 Å². The van der Waals surface area contributed by atoms with Gasteiger partial charge < -0.3 is 5.32 Å². The van der Waals surface area contributed by atoms with Crippen LogP contribution in [0.2, 0.25) is 0 Å². The van der Waals surface area contributed by atoms with Gasteiger partial charge in [0.15, 0.2) is 0 Å². The van der Waals surface area contributed by atoms with Crippen molar-refractivity contribution in [1.82, 2.24) is 5.32 Å². The molecule has 102 valence electrons. The Bertz CT molecular complexity index is 513. The van der Waals surface area contributed by atoms with E-state index >= 15 is 0 Å². The van der Waals surface area contributed by atoms with Crippen LogP contribution in [0.3, 0.4) is 0 Å². The average molecular weight is 342 g/mol. The first kappa shape index (κ1) is 14.7. The number of halogens is 2. The first-order valence-corrected chi connectivity index (χ1v) is 8.03. The lowest BCUT2D eigenvalue weighted by Crippen LogP contribution is -2.18. The minimum absolute atomic E-state index is 0.0671. The van der Waals surface area contributed by atoms with Crippen LogP contribution < -0.4 is 5.32 Å². The van der Waals surface area contributed by atoms with E-state index in [1.165, 1.54) is 4.88 Å². The second-order valence-corrected chi connectivity index (χ2v) is 6.34. The summed E-state index contributed by atoms with van der Waals surface area (Å²) in [5.41, 5.74) is 0.739. The van der Waals surface area contributed by atoms with Crippen LogP contribution in [0.1, 0.15) is 29.3 Å². The van der Waals surface area contributed by atoms with Crippen LogP contribution in [-0.2, 0) is 6.42 Å². The number of rotatable bonds is 6. The number of nitrogens with one attached hydrogen (secondary N) is 1. The third-order valence-corrected chi connectivity index (χ3v) is 4.75. The summed E-state index contributed by atoms with van der Waals surface area (Å²) in [5.74, 6) is -0.155. The van der Waals surface area contributed by atoms with Crippen molar-refractivity contribution in [3.05, 3.63) is 56.4 Å². The van der Waals surface area contributed by atoms with Gasteiger partial charge in [-0.15, -0.1) is 11.3 Å². The zero-order valence-electron chi connectivity index (χ0n) is 10.8. The van der Waals surface area contributed by atoms with Crippen molar-refractivity contribution >= 4 is 27.3 Å². The molecule has 1 aromatic heterocycles. The van der Waals surface area contributed by atoms with Gasteiger partial charge in [0.1, 0.15) is 5.82 Å². The molecule has 19 heavy (non-hydrogen) atoms. The fourth-order valence-electron chi connectivity index (χ4n) is 2.18. The van der Waals surface area contributed by atoms with Crippen molar-refractivity contribution in [3.8, 4) is 0 Å². The van der Waals surface area contributed by atoms with Crippen LogP contribution in [0.25, 0.3) is 0 Å². The van der Waals surface area contributed by atoms with Crippen molar-refractivity contribution < 1.29 is 4.39 Å². The maximum absolute atomic E-state index is 14.1. The fourth-order valence-corrected chi connectivity index (χ4v) is 3.31. The Labute approximate surface area is 126 Å². The summed E-state index contributed by atoms with van der Waals surface area (Å²) in [6.45, 7) is 0. The SMILES string of the molecule is CNC(CCCc1cccs1)c1cccc(Br)c1F. The standard InChI is InChI=1S/C15H17BrFNS/c1-18-14(9-2-5-11-6-4-10-19-11)12-7-3-8-13(16)15(12)17/h3-4,6-8,10,14,18H,2,5,9H2,1H3. The first-order chi connectivity index (χ1) is 9.22. The maximum Gasteiger partial charge on any atom is 0.142 e. The lowest BCUT2D eigenvalue weighted by Gasteiger charge is -2.17. The average Bonchev–Trinajstić information content (AvgIpc) is 2.92. The Hall–Kier alpha value is -0.710. The number of hydrogen-bond acceptors (Lipinski definition) is 2. The van der Waals surface area contributed by atoms with Crippen LogP contribution in [0, 0.1) is 5.82 Å². The van der Waals surface area contributed by atoms with E-state index in [9.17, 15) is 4.39 Å². The highest BCUT2D eigenvalue weighted by molar-refractivity contribution is 9.10. The van der Waals surface area contributed by atoms with E-state index in [1.54, 1.807) is 17.4 Å². The Morgan fingerprint density at radius 1 is 1.32 bits per heavy atom. The highest BCUT2D eigenvalue weighted by atomic mass is 79.9. The Kier molecular flexibility index (Phi) is 5.55. The zero-order chi connectivity index (χ0) is 13.7. The van der Waals surface area contributed by atoms with Crippen LogP contribution in [0.4, 0.5) is 4.39 Å². The molecule has 0 aliphatic rings. The van der Waals surface area contributed by atoms with Crippen molar-refractivity contribution in [3.63, 3.8) is 0 Å².